The second kappa shape index (κ2) is 5.36. The number of hydrogen-bond acceptors (Lipinski definition) is 4. The molecule has 0 unspecified atom stereocenters. The van der Waals surface area contributed by atoms with Crippen LogP contribution in [0.1, 0.15) is 21.5 Å². The molecule has 0 atom stereocenters. The number of hydrogen-bond donors (Lipinski definition) is 2. The molecule has 0 saturated heterocycles. The van der Waals surface area contributed by atoms with Gasteiger partial charge < -0.3 is 19.9 Å². The predicted molar refractivity (Wildman–Crippen MR) is 78.0 cm³/mol. The van der Waals surface area contributed by atoms with Crippen LogP contribution >= 0.6 is 0 Å². The maximum atomic E-state index is 11.0. The average molecular weight is 285 g/mol. The highest BCUT2D eigenvalue weighted by Gasteiger charge is 2.17. The maximum Gasteiger partial charge on any atom is 0.335 e. The molecule has 5 heteroatoms. The molecule has 0 amide bonds. The lowest BCUT2D eigenvalue weighted by Crippen LogP contribution is -2.04. The molecule has 1 heterocycles. The molecular weight excluding hydrogens is 270 g/mol. The van der Waals surface area contributed by atoms with E-state index in [-0.39, 0.29) is 12.4 Å². The number of aromatic carboxylic acids is 1. The Hall–Kier alpha value is -2.69. The molecule has 0 radical (unpaired) electrons. The molecule has 1 aliphatic heterocycles. The van der Waals surface area contributed by atoms with E-state index in [4.69, 9.17) is 14.6 Å². The van der Waals surface area contributed by atoms with Gasteiger partial charge in [0.05, 0.1) is 5.56 Å². The van der Waals surface area contributed by atoms with Crippen molar-refractivity contribution in [3.63, 3.8) is 0 Å². The van der Waals surface area contributed by atoms with E-state index in [2.05, 4.69) is 5.32 Å². The summed E-state index contributed by atoms with van der Waals surface area (Å²) in [4.78, 5) is 11.0. The van der Waals surface area contributed by atoms with Crippen LogP contribution in [0, 0.1) is 6.92 Å². The summed E-state index contributed by atoms with van der Waals surface area (Å²) in [6.45, 7) is 2.71. The minimum atomic E-state index is -0.935. The molecule has 0 aromatic heterocycles. The van der Waals surface area contributed by atoms with Crippen LogP contribution in [0.25, 0.3) is 0 Å². The summed E-state index contributed by atoms with van der Waals surface area (Å²) in [6.07, 6.45) is 0. The van der Waals surface area contributed by atoms with E-state index in [9.17, 15) is 4.79 Å². The molecule has 2 aromatic rings. The Labute approximate surface area is 122 Å². The number of nitrogens with one attached hydrogen (secondary N) is 1. The van der Waals surface area contributed by atoms with E-state index in [1.54, 1.807) is 18.2 Å². The van der Waals surface area contributed by atoms with E-state index >= 15 is 0 Å². The van der Waals surface area contributed by atoms with E-state index in [0.717, 1.165) is 28.3 Å². The highest BCUT2D eigenvalue weighted by molar-refractivity contribution is 5.89. The van der Waals surface area contributed by atoms with Gasteiger partial charge in [-0.3, -0.25) is 0 Å². The summed E-state index contributed by atoms with van der Waals surface area (Å²) in [6, 6.07) is 10.8. The lowest BCUT2D eigenvalue weighted by molar-refractivity contribution is 0.0697. The molecule has 2 aromatic carbocycles. The van der Waals surface area contributed by atoms with Crippen LogP contribution < -0.4 is 14.8 Å². The highest BCUT2D eigenvalue weighted by Crippen LogP contribution is 2.35. The summed E-state index contributed by atoms with van der Waals surface area (Å²) in [5.74, 6) is 0.553. The molecule has 0 fully saturated rings. The molecule has 2 N–H and O–H groups in total. The quantitative estimate of drug-likeness (QED) is 0.903. The van der Waals surface area contributed by atoms with Gasteiger partial charge in [-0.05, 0) is 30.7 Å². The molecule has 0 aliphatic carbocycles. The molecule has 108 valence electrons. The Kier molecular flexibility index (Phi) is 3.39. The standard InChI is InChI=1S/C16H15NO4/c1-10-5-6-11(16(18)19)7-13(10)17-8-12-3-2-4-14-15(12)21-9-20-14/h2-7,17H,8-9H2,1H3,(H,18,19). The van der Waals surface area contributed by atoms with Crippen molar-refractivity contribution < 1.29 is 19.4 Å². The first-order valence-electron chi connectivity index (χ1n) is 6.60. The normalized spacial score (nSPS) is 12.2. The molecular formula is C16H15NO4. The first kappa shape index (κ1) is 13.3. The van der Waals surface area contributed by atoms with Gasteiger partial charge in [0.15, 0.2) is 11.5 Å². The van der Waals surface area contributed by atoms with Gasteiger partial charge in [-0.2, -0.15) is 0 Å². The number of carboxylic acids is 1. The van der Waals surface area contributed by atoms with Crippen LogP contribution in [-0.4, -0.2) is 17.9 Å². The van der Waals surface area contributed by atoms with Gasteiger partial charge in [-0.15, -0.1) is 0 Å². The number of carboxylic acid groups (broad SMARTS) is 1. The third-order valence-electron chi connectivity index (χ3n) is 3.43. The van der Waals surface area contributed by atoms with E-state index in [1.807, 2.05) is 25.1 Å². The van der Waals surface area contributed by atoms with Crippen molar-refractivity contribution in [2.24, 2.45) is 0 Å². The monoisotopic (exact) mass is 285 g/mol. The van der Waals surface area contributed by atoms with E-state index in [1.165, 1.54) is 0 Å². The van der Waals surface area contributed by atoms with Crippen LogP contribution in [0.4, 0.5) is 5.69 Å². The van der Waals surface area contributed by atoms with Crippen LogP contribution in [0.3, 0.4) is 0 Å². The van der Waals surface area contributed by atoms with Crippen LogP contribution in [0.15, 0.2) is 36.4 Å². The third-order valence-corrected chi connectivity index (χ3v) is 3.43. The number of anilines is 1. The fourth-order valence-electron chi connectivity index (χ4n) is 2.27. The fraction of sp³-hybridized carbons (Fsp3) is 0.188. The minimum absolute atomic E-state index is 0.236. The Morgan fingerprint density at radius 2 is 2.14 bits per heavy atom. The Morgan fingerprint density at radius 3 is 2.95 bits per heavy atom. The molecule has 0 saturated carbocycles. The number of para-hydroxylation sites is 1. The summed E-state index contributed by atoms with van der Waals surface area (Å²) in [7, 11) is 0. The molecule has 21 heavy (non-hydrogen) atoms. The van der Waals surface area contributed by atoms with E-state index < -0.39 is 5.97 Å². The number of rotatable bonds is 4. The van der Waals surface area contributed by atoms with Gasteiger partial charge in [-0.1, -0.05) is 18.2 Å². The van der Waals surface area contributed by atoms with Crippen LogP contribution in [-0.2, 0) is 6.54 Å². The van der Waals surface area contributed by atoms with Crippen LogP contribution in [0.2, 0.25) is 0 Å². The van der Waals surface area contributed by atoms with Gasteiger partial charge in [0.1, 0.15) is 0 Å². The summed E-state index contributed by atoms with van der Waals surface area (Å²) < 4.78 is 10.8. The van der Waals surface area contributed by atoms with Crippen molar-refractivity contribution in [2.75, 3.05) is 12.1 Å². The van der Waals surface area contributed by atoms with Gasteiger partial charge in [-0.25, -0.2) is 4.79 Å². The van der Waals surface area contributed by atoms with Crippen molar-refractivity contribution in [1.82, 2.24) is 0 Å². The first-order valence-corrected chi connectivity index (χ1v) is 6.60. The molecule has 3 rings (SSSR count). The van der Waals surface area contributed by atoms with Crippen LogP contribution in [0.5, 0.6) is 11.5 Å². The number of ether oxygens (including phenoxy) is 2. The fourth-order valence-corrected chi connectivity index (χ4v) is 2.27. The highest BCUT2D eigenvalue weighted by atomic mass is 16.7. The Morgan fingerprint density at radius 1 is 1.29 bits per heavy atom. The van der Waals surface area contributed by atoms with Crippen molar-refractivity contribution in [2.45, 2.75) is 13.5 Å². The number of aryl methyl sites for hydroxylation is 1. The van der Waals surface area contributed by atoms with Crippen molar-refractivity contribution in [1.29, 1.82) is 0 Å². The molecule has 1 aliphatic rings. The van der Waals surface area contributed by atoms with E-state index in [0.29, 0.717) is 6.54 Å². The predicted octanol–water partition coefficient (Wildman–Crippen LogP) is 3.03. The zero-order chi connectivity index (χ0) is 14.8. The zero-order valence-corrected chi connectivity index (χ0v) is 11.6. The van der Waals surface area contributed by atoms with Gasteiger partial charge in [0.2, 0.25) is 6.79 Å². The Bertz CT molecular complexity index is 697. The minimum Gasteiger partial charge on any atom is -0.478 e. The second-order valence-corrected chi connectivity index (χ2v) is 4.84. The number of benzene rings is 2. The van der Waals surface area contributed by atoms with Crippen molar-refractivity contribution >= 4 is 11.7 Å². The lowest BCUT2D eigenvalue weighted by Gasteiger charge is -2.12. The molecule has 5 nitrogen and oxygen atoms in total. The summed E-state index contributed by atoms with van der Waals surface area (Å²) in [5, 5.41) is 12.3. The third kappa shape index (κ3) is 2.63. The Balaban J connectivity index is 1.81. The van der Waals surface area contributed by atoms with Gasteiger partial charge in [0.25, 0.3) is 0 Å². The van der Waals surface area contributed by atoms with Gasteiger partial charge in [0, 0.05) is 17.8 Å². The molecule has 0 bridgehead atoms. The largest absolute Gasteiger partial charge is 0.478 e. The molecule has 0 spiro atoms. The lowest BCUT2D eigenvalue weighted by atomic mass is 10.1. The topological polar surface area (TPSA) is 67.8 Å². The zero-order valence-electron chi connectivity index (χ0n) is 11.6. The van der Waals surface area contributed by atoms with Crippen molar-refractivity contribution in [3.8, 4) is 11.5 Å². The van der Waals surface area contributed by atoms with Gasteiger partial charge >= 0.3 is 5.97 Å². The summed E-state index contributed by atoms with van der Waals surface area (Å²) >= 11 is 0. The summed E-state index contributed by atoms with van der Waals surface area (Å²) in [5.41, 5.74) is 3.03. The number of fused-ring (bicyclic) bond motifs is 1. The van der Waals surface area contributed by atoms with Crippen molar-refractivity contribution in [3.05, 3.63) is 53.1 Å². The second-order valence-electron chi connectivity index (χ2n) is 4.84. The SMILES string of the molecule is Cc1ccc(C(=O)O)cc1NCc1cccc2c1OCO2. The number of carbonyl (C=O) groups is 1. The maximum absolute atomic E-state index is 11.0. The first-order chi connectivity index (χ1) is 10.1. The average Bonchev–Trinajstić information content (AvgIpc) is 2.95. The smallest absolute Gasteiger partial charge is 0.335 e.